The van der Waals surface area contributed by atoms with Gasteiger partial charge in [0.25, 0.3) is 0 Å². The Kier molecular flexibility index (Phi) is 9.03. The lowest BCUT2D eigenvalue weighted by molar-refractivity contribution is -0.208. The molecule has 1 saturated carbocycles. The number of alkyl halides is 3. The van der Waals surface area contributed by atoms with Gasteiger partial charge < -0.3 is 15.7 Å². The van der Waals surface area contributed by atoms with E-state index < -0.39 is 28.8 Å². The monoisotopic (exact) mass is 576 g/mol. The third kappa shape index (κ3) is 7.92. The third-order valence-electron chi connectivity index (χ3n) is 6.86. The fourth-order valence-corrected chi connectivity index (χ4v) is 5.91. The minimum atomic E-state index is -4.63. The molecule has 2 aromatic rings. The summed E-state index contributed by atoms with van der Waals surface area (Å²) in [6, 6.07) is 5.27. The largest absolute Gasteiger partial charge is 0.415 e. The van der Waals surface area contributed by atoms with E-state index in [1.165, 1.54) is 6.20 Å². The molecule has 4 rings (SSSR count). The molecule has 0 radical (unpaired) electrons. The van der Waals surface area contributed by atoms with Crippen LogP contribution < -0.4 is 15.4 Å². The number of aliphatic hydroxyl groups is 1. The summed E-state index contributed by atoms with van der Waals surface area (Å²) in [6.45, 7) is 0.385. The van der Waals surface area contributed by atoms with Crippen LogP contribution in [0.15, 0.2) is 24.4 Å². The molecule has 2 aliphatic rings. The number of fused-ring (bicyclic) bond motifs is 1. The summed E-state index contributed by atoms with van der Waals surface area (Å²) in [5, 5.41) is 16.2. The SMILES string of the molecule is CS(=O)(=O)NC1CCCCC1Nc1nc(Nc2ccc3c(c2)CCN(CC(O)C(F)(F)F)CC3)ncc1Cl. The molecule has 3 unspecified atom stereocenters. The number of anilines is 3. The first-order valence-electron chi connectivity index (χ1n) is 12.5. The topological polar surface area (TPSA) is 119 Å². The minimum absolute atomic E-state index is 0.176. The second kappa shape index (κ2) is 11.9. The van der Waals surface area contributed by atoms with Crippen molar-refractivity contribution in [2.45, 2.75) is 62.9 Å². The first-order chi connectivity index (χ1) is 17.9. The molecule has 0 bridgehead atoms. The molecular weight excluding hydrogens is 545 g/mol. The Bertz CT molecular complexity index is 1230. The molecule has 1 aromatic heterocycles. The molecule has 1 aromatic carbocycles. The molecule has 3 atom stereocenters. The lowest BCUT2D eigenvalue weighted by Crippen LogP contribution is -2.48. The highest BCUT2D eigenvalue weighted by Crippen LogP contribution is 2.28. The molecule has 0 spiro atoms. The smallest absolute Gasteiger partial charge is 0.382 e. The number of β-amino-alcohol motifs (C(OH)–C–C–N with tert-alkyl or cyclic N) is 1. The number of nitrogens with one attached hydrogen (secondary N) is 3. The number of hydrogen-bond acceptors (Lipinski definition) is 8. The van der Waals surface area contributed by atoms with E-state index in [1.54, 1.807) is 4.90 Å². The summed E-state index contributed by atoms with van der Waals surface area (Å²) in [5.74, 6) is 0.689. The van der Waals surface area contributed by atoms with Crippen LogP contribution in [0.1, 0.15) is 36.8 Å². The molecule has 4 N–H and O–H groups in total. The first-order valence-corrected chi connectivity index (χ1v) is 14.8. The van der Waals surface area contributed by atoms with Crippen molar-refractivity contribution >= 4 is 39.1 Å². The van der Waals surface area contributed by atoms with E-state index in [9.17, 15) is 26.7 Å². The molecule has 1 aliphatic carbocycles. The maximum atomic E-state index is 12.8. The van der Waals surface area contributed by atoms with Crippen LogP contribution in [0.2, 0.25) is 5.02 Å². The summed E-state index contributed by atoms with van der Waals surface area (Å²) in [6.07, 6.45) is 0.0798. The molecule has 1 aliphatic heterocycles. The number of halogens is 4. The predicted octanol–water partition coefficient (Wildman–Crippen LogP) is 3.47. The van der Waals surface area contributed by atoms with Gasteiger partial charge in [0.2, 0.25) is 16.0 Å². The highest BCUT2D eigenvalue weighted by Gasteiger charge is 2.39. The van der Waals surface area contributed by atoms with Gasteiger partial charge in [0, 0.05) is 37.4 Å². The summed E-state index contributed by atoms with van der Waals surface area (Å²) in [5.41, 5.74) is 2.76. The number of aromatic nitrogens is 2. The van der Waals surface area contributed by atoms with Crippen molar-refractivity contribution in [2.24, 2.45) is 0 Å². The van der Waals surface area contributed by atoms with Crippen molar-refractivity contribution in [2.75, 3.05) is 36.5 Å². The fraction of sp³-hybridized carbons (Fsp3) is 0.583. The number of hydrogen-bond donors (Lipinski definition) is 4. The second-order valence-electron chi connectivity index (χ2n) is 9.89. The molecular formula is C24H32ClF3N6O3S. The summed E-state index contributed by atoms with van der Waals surface area (Å²) >= 11 is 6.34. The van der Waals surface area contributed by atoms with Crippen molar-refractivity contribution < 1.29 is 26.7 Å². The van der Waals surface area contributed by atoms with Crippen molar-refractivity contribution in [3.8, 4) is 0 Å². The Morgan fingerprint density at radius 3 is 2.53 bits per heavy atom. The van der Waals surface area contributed by atoms with Gasteiger partial charge in [-0.05, 0) is 48.9 Å². The van der Waals surface area contributed by atoms with Crippen molar-refractivity contribution in [1.29, 1.82) is 0 Å². The lowest BCUT2D eigenvalue weighted by atomic mass is 9.91. The zero-order valence-electron chi connectivity index (χ0n) is 20.9. The number of sulfonamides is 1. The summed E-state index contributed by atoms with van der Waals surface area (Å²) in [7, 11) is -3.37. The molecule has 0 saturated heterocycles. The average molecular weight is 577 g/mol. The van der Waals surface area contributed by atoms with Crippen LogP contribution in [0.25, 0.3) is 0 Å². The van der Waals surface area contributed by atoms with Gasteiger partial charge in [0.15, 0.2) is 11.9 Å². The summed E-state index contributed by atoms with van der Waals surface area (Å²) < 4.78 is 64.6. The van der Waals surface area contributed by atoms with Gasteiger partial charge in [-0.15, -0.1) is 0 Å². The fourth-order valence-electron chi connectivity index (χ4n) is 4.93. The molecule has 14 heteroatoms. The van der Waals surface area contributed by atoms with Gasteiger partial charge in [-0.3, -0.25) is 4.90 Å². The Labute approximate surface area is 225 Å². The van der Waals surface area contributed by atoms with Gasteiger partial charge in [-0.2, -0.15) is 18.2 Å². The minimum Gasteiger partial charge on any atom is -0.382 e. The molecule has 38 heavy (non-hydrogen) atoms. The van der Waals surface area contributed by atoms with Gasteiger partial charge in [-0.1, -0.05) is 30.5 Å². The van der Waals surface area contributed by atoms with E-state index >= 15 is 0 Å². The van der Waals surface area contributed by atoms with Crippen LogP contribution in [0.4, 0.5) is 30.6 Å². The van der Waals surface area contributed by atoms with Gasteiger partial charge in [0.05, 0.1) is 12.5 Å². The van der Waals surface area contributed by atoms with Gasteiger partial charge in [0.1, 0.15) is 5.02 Å². The maximum Gasteiger partial charge on any atom is 0.415 e. The maximum absolute atomic E-state index is 12.8. The lowest BCUT2D eigenvalue weighted by Gasteiger charge is -2.32. The number of aliphatic hydroxyl groups excluding tert-OH is 1. The van der Waals surface area contributed by atoms with Crippen LogP contribution in [-0.4, -0.2) is 78.6 Å². The van der Waals surface area contributed by atoms with Crippen LogP contribution in [0, 0.1) is 0 Å². The molecule has 0 amide bonds. The molecule has 9 nitrogen and oxygen atoms in total. The van der Waals surface area contributed by atoms with E-state index in [4.69, 9.17) is 11.6 Å². The van der Waals surface area contributed by atoms with Gasteiger partial charge >= 0.3 is 6.18 Å². The molecule has 1 fully saturated rings. The van der Waals surface area contributed by atoms with Crippen LogP contribution in [-0.2, 0) is 22.9 Å². The number of benzene rings is 1. The zero-order valence-corrected chi connectivity index (χ0v) is 22.5. The van der Waals surface area contributed by atoms with E-state index in [1.807, 2.05) is 18.2 Å². The predicted molar refractivity (Wildman–Crippen MR) is 140 cm³/mol. The number of nitrogens with zero attached hydrogens (tertiary/aromatic N) is 3. The third-order valence-corrected chi connectivity index (χ3v) is 7.87. The van der Waals surface area contributed by atoms with Crippen molar-refractivity contribution in [3.63, 3.8) is 0 Å². The van der Waals surface area contributed by atoms with Crippen molar-refractivity contribution in [1.82, 2.24) is 19.6 Å². The van der Waals surface area contributed by atoms with Crippen LogP contribution in [0.5, 0.6) is 0 Å². The average Bonchev–Trinajstić information content (AvgIpc) is 3.03. The highest BCUT2D eigenvalue weighted by atomic mass is 35.5. The van der Waals surface area contributed by atoms with Crippen molar-refractivity contribution in [3.05, 3.63) is 40.5 Å². The Hall–Kier alpha value is -2.19. The van der Waals surface area contributed by atoms with Crippen LogP contribution in [0.3, 0.4) is 0 Å². The normalized spacial score (nSPS) is 21.8. The zero-order chi connectivity index (χ0) is 27.5. The first kappa shape index (κ1) is 28.8. The van der Waals surface area contributed by atoms with Crippen LogP contribution >= 0.6 is 11.6 Å². The van der Waals surface area contributed by atoms with E-state index in [-0.39, 0.29) is 12.1 Å². The van der Waals surface area contributed by atoms with E-state index in [2.05, 4.69) is 25.3 Å². The summed E-state index contributed by atoms with van der Waals surface area (Å²) in [4.78, 5) is 10.4. The van der Waals surface area contributed by atoms with Gasteiger partial charge in [-0.25, -0.2) is 18.1 Å². The molecule has 210 valence electrons. The Morgan fingerprint density at radius 1 is 1.16 bits per heavy atom. The second-order valence-corrected chi connectivity index (χ2v) is 12.1. The Morgan fingerprint density at radius 2 is 1.84 bits per heavy atom. The quantitative estimate of drug-likeness (QED) is 0.377. The van der Waals surface area contributed by atoms with E-state index in [0.29, 0.717) is 49.1 Å². The molecule has 2 heterocycles. The highest BCUT2D eigenvalue weighted by molar-refractivity contribution is 7.88. The number of rotatable bonds is 8. The standard InChI is InChI=1S/C24H32ClF3N6O3S/c1-38(36,37)33-20-5-3-2-4-19(20)31-22-18(25)13-29-23(32-22)30-17-7-6-15-8-10-34(11-9-16(15)12-17)14-21(35)24(26,27)28/h6-7,12-13,19-21,33,35H,2-5,8-11,14H2,1H3,(H2,29,30,31,32). The van der Waals surface area contributed by atoms with E-state index in [0.717, 1.165) is 42.3 Å². The Balaban J connectivity index is 1.43.